The summed E-state index contributed by atoms with van der Waals surface area (Å²) >= 11 is 0. The summed E-state index contributed by atoms with van der Waals surface area (Å²) in [5, 5.41) is 14.9. The molecule has 0 aliphatic heterocycles. The van der Waals surface area contributed by atoms with Crippen LogP contribution in [0, 0.1) is 0 Å². The molecule has 0 atom stereocenters. The zero-order valence-corrected chi connectivity index (χ0v) is 9.03. The average molecular weight is 210 g/mol. The molecule has 3 N–H and O–H groups in total. The first kappa shape index (κ1) is 11.7. The Morgan fingerprint density at radius 3 is 2.60 bits per heavy atom. The molecule has 0 unspecified atom stereocenters. The van der Waals surface area contributed by atoms with Gasteiger partial charge >= 0.3 is 0 Å². The maximum Gasteiger partial charge on any atom is 0.146 e. The number of aliphatic hydroxyl groups excluding tert-OH is 1. The topological polar surface area (TPSA) is 70.1 Å². The van der Waals surface area contributed by atoms with Crippen molar-refractivity contribution in [2.45, 2.75) is 19.8 Å². The van der Waals surface area contributed by atoms with Crippen molar-refractivity contribution in [2.75, 3.05) is 30.3 Å². The van der Waals surface area contributed by atoms with Crippen LogP contribution < -0.4 is 10.6 Å². The second kappa shape index (κ2) is 7.00. The minimum Gasteiger partial charge on any atom is -0.396 e. The van der Waals surface area contributed by atoms with Gasteiger partial charge in [-0.1, -0.05) is 0 Å². The maximum atomic E-state index is 8.61. The Bertz CT molecular complexity index is 280. The first-order chi connectivity index (χ1) is 7.36. The van der Waals surface area contributed by atoms with Crippen LogP contribution in [0.15, 0.2) is 12.4 Å². The van der Waals surface area contributed by atoms with Crippen LogP contribution in [0.25, 0.3) is 0 Å². The molecule has 0 aromatic carbocycles. The van der Waals surface area contributed by atoms with Gasteiger partial charge in [0.15, 0.2) is 0 Å². The molecule has 0 aliphatic rings. The van der Waals surface area contributed by atoms with Crippen molar-refractivity contribution >= 4 is 11.6 Å². The highest BCUT2D eigenvalue weighted by atomic mass is 16.2. The van der Waals surface area contributed by atoms with E-state index in [4.69, 9.17) is 5.11 Å². The van der Waals surface area contributed by atoms with Crippen LogP contribution >= 0.6 is 0 Å². The Hall–Kier alpha value is -1.36. The summed E-state index contributed by atoms with van der Waals surface area (Å²) < 4.78 is 0. The lowest BCUT2D eigenvalue weighted by atomic mass is 10.3. The Balaban J connectivity index is 2.36. The molecule has 5 heteroatoms. The largest absolute Gasteiger partial charge is 0.396 e. The third kappa shape index (κ3) is 4.60. The van der Waals surface area contributed by atoms with Gasteiger partial charge in [-0.2, -0.15) is 0 Å². The van der Waals surface area contributed by atoms with Crippen molar-refractivity contribution in [3.05, 3.63) is 12.4 Å². The van der Waals surface area contributed by atoms with Gasteiger partial charge in [0.25, 0.3) is 0 Å². The number of anilines is 2. The maximum absolute atomic E-state index is 8.61. The van der Waals surface area contributed by atoms with Gasteiger partial charge in [0.1, 0.15) is 11.6 Å². The van der Waals surface area contributed by atoms with Crippen molar-refractivity contribution in [1.29, 1.82) is 0 Å². The Labute approximate surface area is 90.0 Å². The molecule has 0 radical (unpaired) electrons. The van der Waals surface area contributed by atoms with Gasteiger partial charge in [0.2, 0.25) is 0 Å². The quantitative estimate of drug-likeness (QED) is 0.588. The number of nitrogens with one attached hydrogen (secondary N) is 2. The lowest BCUT2D eigenvalue weighted by Crippen LogP contribution is -2.07. The van der Waals surface area contributed by atoms with Crippen molar-refractivity contribution < 1.29 is 5.11 Å². The molecule has 0 aliphatic carbocycles. The van der Waals surface area contributed by atoms with E-state index in [0.717, 1.165) is 37.6 Å². The van der Waals surface area contributed by atoms with Gasteiger partial charge in [-0.25, -0.2) is 4.98 Å². The molecule has 1 rings (SSSR count). The fraction of sp³-hybridized carbons (Fsp3) is 0.600. The van der Waals surface area contributed by atoms with Gasteiger partial charge in [-0.15, -0.1) is 0 Å². The van der Waals surface area contributed by atoms with E-state index >= 15 is 0 Å². The summed E-state index contributed by atoms with van der Waals surface area (Å²) in [6, 6.07) is 0. The molecular weight excluding hydrogens is 192 g/mol. The number of rotatable bonds is 7. The van der Waals surface area contributed by atoms with Crippen molar-refractivity contribution in [3.63, 3.8) is 0 Å². The summed E-state index contributed by atoms with van der Waals surface area (Å²) in [5.41, 5.74) is 0. The average Bonchev–Trinajstić information content (AvgIpc) is 2.26. The molecule has 84 valence electrons. The van der Waals surface area contributed by atoms with E-state index < -0.39 is 0 Å². The van der Waals surface area contributed by atoms with E-state index in [1.54, 1.807) is 12.4 Å². The number of hydrogen-bond donors (Lipinski definition) is 3. The van der Waals surface area contributed by atoms with Crippen LogP contribution in [0.5, 0.6) is 0 Å². The molecular formula is C10H18N4O. The first-order valence-corrected chi connectivity index (χ1v) is 5.27. The number of hydrogen-bond acceptors (Lipinski definition) is 5. The van der Waals surface area contributed by atoms with E-state index in [1.807, 2.05) is 6.92 Å². The van der Waals surface area contributed by atoms with Crippen molar-refractivity contribution in [1.82, 2.24) is 9.97 Å². The van der Waals surface area contributed by atoms with Crippen LogP contribution in [0.3, 0.4) is 0 Å². The van der Waals surface area contributed by atoms with E-state index in [9.17, 15) is 0 Å². The minimum absolute atomic E-state index is 0.241. The fourth-order valence-electron chi connectivity index (χ4n) is 1.17. The van der Waals surface area contributed by atoms with E-state index in [1.165, 1.54) is 0 Å². The highest BCUT2D eigenvalue weighted by Crippen LogP contribution is 2.06. The molecule has 1 heterocycles. The molecule has 0 amide bonds. The summed E-state index contributed by atoms with van der Waals surface area (Å²) in [5.74, 6) is 1.55. The van der Waals surface area contributed by atoms with E-state index in [2.05, 4.69) is 20.6 Å². The summed E-state index contributed by atoms with van der Waals surface area (Å²) in [6.07, 6.45) is 5.14. The molecule has 15 heavy (non-hydrogen) atoms. The van der Waals surface area contributed by atoms with Crippen LogP contribution in [0.4, 0.5) is 11.6 Å². The lowest BCUT2D eigenvalue weighted by Gasteiger charge is -2.06. The summed E-state index contributed by atoms with van der Waals surface area (Å²) in [4.78, 5) is 8.38. The number of aromatic nitrogens is 2. The van der Waals surface area contributed by atoms with Crippen LogP contribution in [-0.4, -0.2) is 34.8 Å². The van der Waals surface area contributed by atoms with Gasteiger partial charge in [0, 0.05) is 19.7 Å². The summed E-state index contributed by atoms with van der Waals surface area (Å²) in [7, 11) is 0. The molecule has 0 fully saturated rings. The van der Waals surface area contributed by atoms with Gasteiger partial charge in [-0.05, 0) is 19.8 Å². The van der Waals surface area contributed by atoms with E-state index in [-0.39, 0.29) is 6.61 Å². The molecule has 0 bridgehead atoms. The monoisotopic (exact) mass is 210 g/mol. The third-order valence-corrected chi connectivity index (χ3v) is 1.88. The smallest absolute Gasteiger partial charge is 0.146 e. The fourth-order valence-corrected chi connectivity index (χ4v) is 1.17. The molecule has 1 aromatic heterocycles. The second-order valence-electron chi connectivity index (χ2n) is 3.18. The Morgan fingerprint density at radius 2 is 1.93 bits per heavy atom. The minimum atomic E-state index is 0.241. The molecule has 1 aromatic rings. The van der Waals surface area contributed by atoms with Gasteiger partial charge in [-0.3, -0.25) is 4.98 Å². The SMILES string of the molecule is CCNc1cncc(NCCCCO)n1. The molecule has 0 spiro atoms. The number of nitrogens with zero attached hydrogens (tertiary/aromatic N) is 2. The normalized spacial score (nSPS) is 10.0. The second-order valence-corrected chi connectivity index (χ2v) is 3.18. The Kier molecular flexibility index (Phi) is 5.47. The lowest BCUT2D eigenvalue weighted by molar-refractivity contribution is 0.286. The van der Waals surface area contributed by atoms with Crippen LogP contribution in [-0.2, 0) is 0 Å². The zero-order valence-electron chi connectivity index (χ0n) is 9.03. The van der Waals surface area contributed by atoms with Crippen molar-refractivity contribution in [3.8, 4) is 0 Å². The summed E-state index contributed by atoms with van der Waals surface area (Å²) in [6.45, 7) is 3.90. The first-order valence-electron chi connectivity index (χ1n) is 5.27. The predicted molar refractivity (Wildman–Crippen MR) is 61.0 cm³/mol. The molecule has 0 saturated heterocycles. The van der Waals surface area contributed by atoms with Crippen LogP contribution in [0.1, 0.15) is 19.8 Å². The number of aliphatic hydroxyl groups is 1. The van der Waals surface area contributed by atoms with Gasteiger partial charge in [0.05, 0.1) is 12.4 Å². The van der Waals surface area contributed by atoms with Crippen LogP contribution in [0.2, 0.25) is 0 Å². The Morgan fingerprint density at radius 1 is 1.20 bits per heavy atom. The van der Waals surface area contributed by atoms with Gasteiger partial charge < -0.3 is 15.7 Å². The number of unbranched alkanes of at least 4 members (excludes halogenated alkanes) is 1. The predicted octanol–water partition coefficient (Wildman–Crippen LogP) is 1.09. The molecule has 0 saturated carbocycles. The highest BCUT2D eigenvalue weighted by Gasteiger charge is 1.96. The zero-order chi connectivity index (χ0) is 10.9. The highest BCUT2D eigenvalue weighted by molar-refractivity contribution is 5.41. The third-order valence-electron chi connectivity index (χ3n) is 1.88. The van der Waals surface area contributed by atoms with Crippen molar-refractivity contribution in [2.24, 2.45) is 0 Å². The molecule has 5 nitrogen and oxygen atoms in total. The van der Waals surface area contributed by atoms with E-state index in [0.29, 0.717) is 0 Å². The standard InChI is InChI=1S/C10H18N4O/c1-2-12-9-7-11-8-10(14-9)13-5-3-4-6-15/h7-8,15H,2-6H2,1H3,(H2,12,13,14).